The molecule has 5 heteroatoms. The van der Waals surface area contributed by atoms with E-state index in [1.807, 2.05) is 6.07 Å². The van der Waals surface area contributed by atoms with Crippen LogP contribution in [-0.4, -0.2) is 29.1 Å². The van der Waals surface area contributed by atoms with E-state index >= 15 is 0 Å². The van der Waals surface area contributed by atoms with Crippen LogP contribution in [0.4, 0.5) is 0 Å². The summed E-state index contributed by atoms with van der Waals surface area (Å²) in [6.07, 6.45) is 2.03. The molecule has 0 spiro atoms. The molecule has 1 unspecified atom stereocenters. The van der Waals surface area contributed by atoms with Gasteiger partial charge in [0.1, 0.15) is 0 Å². The topological polar surface area (TPSA) is 64.3 Å². The molecule has 1 atom stereocenters. The van der Waals surface area contributed by atoms with Crippen LogP contribution in [0.5, 0.6) is 0 Å². The van der Waals surface area contributed by atoms with Gasteiger partial charge in [0.25, 0.3) is 0 Å². The molecule has 1 aromatic rings. The molecule has 1 aliphatic rings. The van der Waals surface area contributed by atoms with Crippen LogP contribution < -0.4 is 0 Å². The van der Waals surface area contributed by atoms with Gasteiger partial charge >= 0.3 is 5.97 Å². The van der Waals surface area contributed by atoms with E-state index in [0.717, 1.165) is 38.0 Å². The maximum Gasteiger partial charge on any atom is 0.303 e. The fourth-order valence-electron chi connectivity index (χ4n) is 2.61. The number of rotatable bonds is 5. The number of aliphatic carboxylic acids is 1. The first-order valence-corrected chi connectivity index (χ1v) is 7.09. The molecule has 0 aliphatic carbocycles. The van der Waals surface area contributed by atoms with Crippen LogP contribution in [-0.2, 0) is 11.3 Å². The minimum absolute atomic E-state index is 0.246. The van der Waals surface area contributed by atoms with E-state index in [9.17, 15) is 4.79 Å². The smallest absolute Gasteiger partial charge is 0.303 e. The lowest BCUT2D eigenvalue weighted by Crippen LogP contribution is -2.20. The lowest BCUT2D eigenvalue weighted by molar-refractivity contribution is -0.137. The molecule has 20 heavy (non-hydrogen) atoms. The van der Waals surface area contributed by atoms with Gasteiger partial charge in [0, 0.05) is 24.5 Å². The first-order valence-electron chi connectivity index (χ1n) is 6.71. The number of likely N-dealkylation sites (tertiary alicyclic amines) is 1. The Kier molecular flexibility index (Phi) is 4.99. The number of nitrogens with zero attached hydrogens (tertiary/aromatic N) is 2. The van der Waals surface area contributed by atoms with Gasteiger partial charge in [-0.1, -0.05) is 17.7 Å². The summed E-state index contributed by atoms with van der Waals surface area (Å²) in [4.78, 5) is 12.9. The largest absolute Gasteiger partial charge is 0.481 e. The molecule has 1 N–H and O–H groups in total. The van der Waals surface area contributed by atoms with Gasteiger partial charge in [0.2, 0.25) is 0 Å². The van der Waals surface area contributed by atoms with Gasteiger partial charge in [-0.25, -0.2) is 0 Å². The van der Waals surface area contributed by atoms with E-state index in [-0.39, 0.29) is 6.42 Å². The zero-order valence-corrected chi connectivity index (χ0v) is 11.9. The van der Waals surface area contributed by atoms with Crippen molar-refractivity contribution in [3.05, 3.63) is 34.3 Å². The zero-order valence-electron chi connectivity index (χ0n) is 11.2. The summed E-state index contributed by atoms with van der Waals surface area (Å²) < 4.78 is 0. The molecule has 4 nitrogen and oxygen atoms in total. The van der Waals surface area contributed by atoms with Gasteiger partial charge in [-0.05, 0) is 43.0 Å². The Morgan fingerprint density at radius 3 is 3.00 bits per heavy atom. The SMILES string of the molecule is N#Cc1ccc(CN2CCC(CCC(=O)O)C2)c(Cl)c1. The van der Waals surface area contributed by atoms with Crippen LogP contribution in [0.2, 0.25) is 5.02 Å². The predicted octanol–water partition coefficient (Wildman–Crippen LogP) is 2.90. The van der Waals surface area contributed by atoms with Gasteiger partial charge in [-0.2, -0.15) is 5.26 Å². The predicted molar refractivity (Wildman–Crippen MR) is 76.4 cm³/mol. The molecular formula is C15H17ClN2O2. The van der Waals surface area contributed by atoms with Gasteiger partial charge in [-0.15, -0.1) is 0 Å². The van der Waals surface area contributed by atoms with E-state index in [1.165, 1.54) is 0 Å². The summed E-state index contributed by atoms with van der Waals surface area (Å²) in [7, 11) is 0. The number of carboxylic acids is 1. The number of hydrogen-bond donors (Lipinski definition) is 1. The van der Waals surface area contributed by atoms with Crippen molar-refractivity contribution in [1.82, 2.24) is 4.90 Å². The van der Waals surface area contributed by atoms with Crippen LogP contribution in [0.1, 0.15) is 30.4 Å². The average Bonchev–Trinajstić information content (AvgIpc) is 2.86. The summed E-state index contributed by atoms with van der Waals surface area (Å²) in [6, 6.07) is 7.43. The van der Waals surface area contributed by atoms with E-state index in [0.29, 0.717) is 16.5 Å². The second kappa shape index (κ2) is 6.74. The van der Waals surface area contributed by atoms with Crippen molar-refractivity contribution < 1.29 is 9.90 Å². The number of benzene rings is 1. The van der Waals surface area contributed by atoms with E-state index in [2.05, 4.69) is 11.0 Å². The lowest BCUT2D eigenvalue weighted by Gasteiger charge is -2.17. The Morgan fingerprint density at radius 1 is 1.55 bits per heavy atom. The van der Waals surface area contributed by atoms with Crippen molar-refractivity contribution >= 4 is 17.6 Å². The third-order valence-electron chi connectivity index (χ3n) is 3.71. The highest BCUT2D eigenvalue weighted by molar-refractivity contribution is 6.31. The van der Waals surface area contributed by atoms with Crippen molar-refractivity contribution in [1.29, 1.82) is 5.26 Å². The highest BCUT2D eigenvalue weighted by Gasteiger charge is 2.23. The average molecular weight is 293 g/mol. The second-order valence-electron chi connectivity index (χ2n) is 5.24. The summed E-state index contributed by atoms with van der Waals surface area (Å²) >= 11 is 6.17. The third kappa shape index (κ3) is 3.96. The monoisotopic (exact) mass is 292 g/mol. The van der Waals surface area contributed by atoms with Crippen LogP contribution >= 0.6 is 11.6 Å². The highest BCUT2D eigenvalue weighted by Crippen LogP contribution is 2.25. The molecule has 0 saturated carbocycles. The number of hydrogen-bond acceptors (Lipinski definition) is 3. The minimum Gasteiger partial charge on any atom is -0.481 e. The van der Waals surface area contributed by atoms with Gasteiger partial charge in [0.15, 0.2) is 0 Å². The van der Waals surface area contributed by atoms with E-state index < -0.39 is 5.97 Å². The quantitative estimate of drug-likeness (QED) is 0.906. The molecule has 1 fully saturated rings. The highest BCUT2D eigenvalue weighted by atomic mass is 35.5. The molecule has 1 aliphatic heterocycles. The Balaban J connectivity index is 1.89. The molecule has 1 heterocycles. The third-order valence-corrected chi connectivity index (χ3v) is 4.06. The van der Waals surface area contributed by atoms with Crippen molar-refractivity contribution in [3.63, 3.8) is 0 Å². The first kappa shape index (κ1) is 14.8. The van der Waals surface area contributed by atoms with Gasteiger partial charge in [0.05, 0.1) is 11.6 Å². The first-order chi connectivity index (χ1) is 9.58. The van der Waals surface area contributed by atoms with E-state index in [4.69, 9.17) is 22.0 Å². The fraction of sp³-hybridized carbons (Fsp3) is 0.467. The number of carbonyl (C=O) groups is 1. The standard InChI is InChI=1S/C15H17ClN2O2/c16-14-7-12(8-17)1-3-13(14)10-18-6-5-11(9-18)2-4-15(19)20/h1,3,7,11H,2,4-6,9-10H2,(H,19,20). The molecule has 1 saturated heterocycles. The fourth-order valence-corrected chi connectivity index (χ4v) is 2.85. The molecule has 1 aromatic carbocycles. The second-order valence-corrected chi connectivity index (χ2v) is 5.65. The minimum atomic E-state index is -0.724. The maximum absolute atomic E-state index is 10.6. The van der Waals surface area contributed by atoms with Crippen LogP contribution in [0.3, 0.4) is 0 Å². The Bertz CT molecular complexity index is 539. The Morgan fingerprint density at radius 2 is 2.35 bits per heavy atom. The van der Waals surface area contributed by atoms with Crippen molar-refractivity contribution in [2.45, 2.75) is 25.8 Å². The molecule has 106 valence electrons. The summed E-state index contributed by atoms with van der Waals surface area (Å²) in [6.45, 7) is 2.65. The Labute approximate surface area is 123 Å². The molecule has 2 rings (SSSR count). The molecular weight excluding hydrogens is 276 g/mol. The van der Waals surface area contributed by atoms with Gasteiger partial charge < -0.3 is 5.11 Å². The lowest BCUT2D eigenvalue weighted by atomic mass is 10.0. The zero-order chi connectivity index (χ0) is 14.5. The van der Waals surface area contributed by atoms with E-state index in [1.54, 1.807) is 12.1 Å². The molecule has 0 bridgehead atoms. The van der Waals surface area contributed by atoms with Gasteiger partial charge in [-0.3, -0.25) is 9.69 Å². The molecule has 0 amide bonds. The van der Waals surface area contributed by atoms with Crippen LogP contribution in [0.25, 0.3) is 0 Å². The number of halogens is 1. The normalized spacial score (nSPS) is 18.9. The Hall–Kier alpha value is -1.57. The number of nitriles is 1. The summed E-state index contributed by atoms with van der Waals surface area (Å²) in [5.41, 5.74) is 1.59. The van der Waals surface area contributed by atoms with Crippen molar-refractivity contribution in [2.75, 3.05) is 13.1 Å². The maximum atomic E-state index is 10.6. The summed E-state index contributed by atoms with van der Waals surface area (Å²) in [5, 5.41) is 18.1. The summed E-state index contributed by atoms with van der Waals surface area (Å²) in [5.74, 6) is -0.262. The van der Waals surface area contributed by atoms with Crippen LogP contribution in [0, 0.1) is 17.2 Å². The molecule has 0 aromatic heterocycles. The van der Waals surface area contributed by atoms with Crippen molar-refractivity contribution in [2.24, 2.45) is 5.92 Å². The van der Waals surface area contributed by atoms with Crippen LogP contribution in [0.15, 0.2) is 18.2 Å². The van der Waals surface area contributed by atoms with Crippen molar-refractivity contribution in [3.8, 4) is 6.07 Å². The number of carboxylic acid groups (broad SMARTS) is 1. The molecule has 0 radical (unpaired) electrons.